The average Bonchev–Trinajstić information content (AvgIpc) is 3.45. The highest BCUT2D eigenvalue weighted by Gasteiger charge is 2.20. The molecule has 0 saturated heterocycles. The molecule has 0 atom stereocenters. The Morgan fingerprint density at radius 2 is 0.976 bits per heavy atom. The summed E-state index contributed by atoms with van der Waals surface area (Å²) in [6.45, 7) is 0. The van der Waals surface area contributed by atoms with Crippen molar-refractivity contribution in [3.8, 4) is 45.3 Å². The van der Waals surface area contributed by atoms with E-state index in [1.165, 1.54) is 5.56 Å². The first-order chi connectivity index (χ1) is 20.3. The molecule has 0 amide bonds. The van der Waals surface area contributed by atoms with Crippen LogP contribution in [-0.2, 0) is 0 Å². The van der Waals surface area contributed by atoms with E-state index in [9.17, 15) is 0 Å². The lowest BCUT2D eigenvalue weighted by Crippen LogP contribution is -2.00. The molecule has 6 aromatic carbocycles. The normalized spacial score (nSPS) is 11.4. The van der Waals surface area contributed by atoms with Gasteiger partial charge < -0.3 is 4.42 Å². The number of nitrogens with zero attached hydrogens (tertiary/aromatic N) is 3. The molecule has 192 valence electrons. The van der Waals surface area contributed by atoms with Gasteiger partial charge >= 0.3 is 0 Å². The maximum Gasteiger partial charge on any atom is 0.164 e. The zero-order valence-corrected chi connectivity index (χ0v) is 22.0. The number of hydrogen-bond acceptors (Lipinski definition) is 4. The van der Waals surface area contributed by atoms with Gasteiger partial charge in [-0.1, -0.05) is 121 Å². The van der Waals surface area contributed by atoms with E-state index in [-0.39, 0.29) is 0 Å². The van der Waals surface area contributed by atoms with Gasteiger partial charge in [0.15, 0.2) is 17.5 Å². The van der Waals surface area contributed by atoms with Crippen LogP contribution in [0, 0.1) is 0 Å². The van der Waals surface area contributed by atoms with Crippen LogP contribution in [0.1, 0.15) is 0 Å². The molecule has 0 aliphatic carbocycles. The Hall–Kier alpha value is -5.61. The molecule has 2 heterocycles. The highest BCUT2D eigenvalue weighted by molar-refractivity contribution is 6.21. The Morgan fingerprint density at radius 3 is 1.63 bits per heavy atom. The van der Waals surface area contributed by atoms with E-state index in [1.54, 1.807) is 0 Å². The van der Waals surface area contributed by atoms with E-state index in [1.807, 2.05) is 84.9 Å². The molecule has 0 saturated carbocycles. The number of benzene rings is 6. The van der Waals surface area contributed by atoms with E-state index in [0.29, 0.717) is 17.5 Å². The van der Waals surface area contributed by atoms with Crippen molar-refractivity contribution in [1.82, 2.24) is 15.0 Å². The Morgan fingerprint density at radius 1 is 0.415 bits per heavy atom. The minimum Gasteiger partial charge on any atom is -0.455 e. The first-order valence-electron chi connectivity index (χ1n) is 13.6. The molecule has 0 spiro atoms. The van der Waals surface area contributed by atoms with Crippen molar-refractivity contribution in [2.75, 3.05) is 0 Å². The zero-order chi connectivity index (χ0) is 27.2. The van der Waals surface area contributed by atoms with Gasteiger partial charge in [-0.2, -0.15) is 0 Å². The molecule has 0 aliphatic heterocycles. The molecule has 8 rings (SSSR count). The van der Waals surface area contributed by atoms with Crippen molar-refractivity contribution in [2.24, 2.45) is 0 Å². The van der Waals surface area contributed by atoms with E-state index in [0.717, 1.165) is 55.0 Å². The third-order valence-electron chi connectivity index (χ3n) is 7.51. The third kappa shape index (κ3) is 4.05. The Labute approximate surface area is 236 Å². The van der Waals surface area contributed by atoms with Crippen LogP contribution in [-0.4, -0.2) is 15.0 Å². The molecule has 0 N–H and O–H groups in total. The van der Waals surface area contributed by atoms with E-state index in [2.05, 4.69) is 54.6 Å². The molecular weight excluding hydrogens is 502 g/mol. The van der Waals surface area contributed by atoms with Crippen LogP contribution in [0.4, 0.5) is 0 Å². The lowest BCUT2D eigenvalue weighted by atomic mass is 9.96. The van der Waals surface area contributed by atoms with Crippen molar-refractivity contribution in [1.29, 1.82) is 0 Å². The number of rotatable bonds is 4. The summed E-state index contributed by atoms with van der Waals surface area (Å²) in [6, 6.07) is 47.5. The van der Waals surface area contributed by atoms with Crippen molar-refractivity contribution in [2.45, 2.75) is 0 Å². The highest BCUT2D eigenvalue weighted by Crippen LogP contribution is 2.41. The predicted molar refractivity (Wildman–Crippen MR) is 166 cm³/mol. The van der Waals surface area contributed by atoms with Gasteiger partial charge in [0.05, 0.1) is 0 Å². The number of furan rings is 1. The maximum absolute atomic E-state index is 6.58. The summed E-state index contributed by atoms with van der Waals surface area (Å²) < 4.78 is 6.58. The molecule has 0 unspecified atom stereocenters. The summed E-state index contributed by atoms with van der Waals surface area (Å²) in [6.07, 6.45) is 0. The average molecular weight is 526 g/mol. The zero-order valence-electron chi connectivity index (χ0n) is 22.0. The van der Waals surface area contributed by atoms with Crippen molar-refractivity contribution in [3.05, 3.63) is 140 Å². The van der Waals surface area contributed by atoms with Gasteiger partial charge in [-0.3, -0.25) is 0 Å². The topological polar surface area (TPSA) is 51.8 Å². The standard InChI is InChI=1S/C37H23N3O/c1-4-12-24(13-5-1)27-20-21-28-23-31(33-29-18-10-11-19-32(29)41-34(33)30(28)22-27)37-39-35(25-14-6-2-7-15-25)38-36(40-37)26-16-8-3-9-17-26/h1-23H. The van der Waals surface area contributed by atoms with Gasteiger partial charge in [-0.15, -0.1) is 0 Å². The number of fused-ring (bicyclic) bond motifs is 5. The van der Waals surface area contributed by atoms with Gasteiger partial charge in [0.2, 0.25) is 0 Å². The minimum absolute atomic E-state index is 0.614. The van der Waals surface area contributed by atoms with Gasteiger partial charge in [0, 0.05) is 32.8 Å². The highest BCUT2D eigenvalue weighted by atomic mass is 16.3. The van der Waals surface area contributed by atoms with Gasteiger partial charge in [-0.25, -0.2) is 15.0 Å². The first-order valence-corrected chi connectivity index (χ1v) is 13.6. The van der Waals surface area contributed by atoms with Gasteiger partial charge in [0.1, 0.15) is 11.2 Å². The number of aromatic nitrogens is 3. The second kappa shape index (κ2) is 9.54. The quantitative estimate of drug-likeness (QED) is 0.230. The largest absolute Gasteiger partial charge is 0.455 e. The fraction of sp³-hybridized carbons (Fsp3) is 0. The van der Waals surface area contributed by atoms with Crippen molar-refractivity contribution < 1.29 is 4.42 Å². The molecule has 4 nitrogen and oxygen atoms in total. The molecule has 0 fully saturated rings. The van der Waals surface area contributed by atoms with Crippen LogP contribution in [0.5, 0.6) is 0 Å². The van der Waals surface area contributed by atoms with E-state index < -0.39 is 0 Å². The van der Waals surface area contributed by atoms with Crippen LogP contribution < -0.4 is 0 Å². The predicted octanol–water partition coefficient (Wildman–Crippen LogP) is 9.59. The summed E-state index contributed by atoms with van der Waals surface area (Å²) in [7, 11) is 0. The van der Waals surface area contributed by atoms with Gasteiger partial charge in [-0.05, 0) is 34.7 Å². The van der Waals surface area contributed by atoms with Crippen molar-refractivity contribution in [3.63, 3.8) is 0 Å². The molecule has 0 bridgehead atoms. The summed E-state index contributed by atoms with van der Waals surface area (Å²) in [5.74, 6) is 1.88. The number of para-hydroxylation sites is 1. The smallest absolute Gasteiger partial charge is 0.164 e. The van der Waals surface area contributed by atoms with Crippen molar-refractivity contribution >= 4 is 32.7 Å². The first kappa shape index (κ1) is 23.3. The van der Waals surface area contributed by atoms with Crippen LogP contribution >= 0.6 is 0 Å². The van der Waals surface area contributed by atoms with E-state index in [4.69, 9.17) is 19.4 Å². The molecule has 0 radical (unpaired) electrons. The van der Waals surface area contributed by atoms with Crippen LogP contribution in [0.2, 0.25) is 0 Å². The monoisotopic (exact) mass is 525 g/mol. The minimum atomic E-state index is 0.614. The summed E-state index contributed by atoms with van der Waals surface area (Å²) in [5, 5.41) is 4.16. The lowest BCUT2D eigenvalue weighted by molar-refractivity contribution is 0.672. The SMILES string of the molecule is c1ccc(-c2ccc3cc(-c4nc(-c5ccccc5)nc(-c5ccccc5)n4)c4c5ccccc5oc4c3c2)cc1. The lowest BCUT2D eigenvalue weighted by Gasteiger charge is -2.11. The molecule has 8 aromatic rings. The van der Waals surface area contributed by atoms with Crippen LogP contribution in [0.15, 0.2) is 144 Å². The summed E-state index contributed by atoms with van der Waals surface area (Å²) in [4.78, 5) is 15.0. The summed E-state index contributed by atoms with van der Waals surface area (Å²) in [5.41, 5.74) is 6.78. The van der Waals surface area contributed by atoms with Gasteiger partial charge in [0.25, 0.3) is 0 Å². The van der Waals surface area contributed by atoms with E-state index >= 15 is 0 Å². The van der Waals surface area contributed by atoms with Crippen LogP contribution in [0.3, 0.4) is 0 Å². The maximum atomic E-state index is 6.58. The van der Waals surface area contributed by atoms with Crippen LogP contribution in [0.25, 0.3) is 78.0 Å². The molecular formula is C37H23N3O. The summed E-state index contributed by atoms with van der Waals surface area (Å²) >= 11 is 0. The molecule has 2 aromatic heterocycles. The number of hydrogen-bond donors (Lipinski definition) is 0. The second-order valence-electron chi connectivity index (χ2n) is 10.1. The Balaban J connectivity index is 1.45. The molecule has 4 heteroatoms. The molecule has 41 heavy (non-hydrogen) atoms. The Kier molecular flexibility index (Phi) is 5.42. The Bertz CT molecular complexity index is 2130. The fourth-order valence-electron chi connectivity index (χ4n) is 5.52. The molecule has 0 aliphatic rings. The fourth-order valence-corrected chi connectivity index (χ4v) is 5.52. The second-order valence-corrected chi connectivity index (χ2v) is 10.1. The third-order valence-corrected chi connectivity index (χ3v) is 7.51.